The number of fused-ring (bicyclic) bond motifs is 1. The van der Waals surface area contributed by atoms with Crippen molar-refractivity contribution in [3.63, 3.8) is 0 Å². The summed E-state index contributed by atoms with van der Waals surface area (Å²) < 4.78 is 21.5. The molecule has 26 heavy (non-hydrogen) atoms. The minimum absolute atomic E-state index is 0.181. The Morgan fingerprint density at radius 3 is 2.54 bits per heavy atom. The minimum atomic E-state index is -0.481. The van der Waals surface area contributed by atoms with E-state index in [1.54, 1.807) is 51.5 Å². The Hall–Kier alpha value is -3.09. The average molecular weight is 358 g/mol. The lowest BCUT2D eigenvalue weighted by molar-refractivity contribution is -0.116. The van der Waals surface area contributed by atoms with Crippen molar-refractivity contribution in [3.8, 4) is 23.0 Å². The number of hydrogen-bond acceptors (Lipinski definition) is 6. The van der Waals surface area contributed by atoms with Crippen LogP contribution in [0.5, 0.6) is 23.0 Å². The minimum Gasteiger partial charge on any atom is -0.497 e. The highest BCUT2D eigenvalue weighted by molar-refractivity contribution is 5.96. The highest BCUT2D eigenvalue weighted by Gasteiger charge is 2.17. The molecule has 7 nitrogen and oxygen atoms in total. The van der Waals surface area contributed by atoms with Gasteiger partial charge in [0.1, 0.15) is 30.8 Å². The normalized spacial score (nSPS) is 13.5. The van der Waals surface area contributed by atoms with Gasteiger partial charge in [0.25, 0.3) is 0 Å². The highest BCUT2D eigenvalue weighted by Crippen LogP contribution is 2.33. The second kappa shape index (κ2) is 7.86. The van der Waals surface area contributed by atoms with E-state index in [9.17, 15) is 4.79 Å². The summed E-state index contributed by atoms with van der Waals surface area (Å²) in [6, 6.07) is 10.2. The third kappa shape index (κ3) is 3.93. The van der Waals surface area contributed by atoms with E-state index >= 15 is 0 Å². The van der Waals surface area contributed by atoms with Crippen molar-refractivity contribution in [2.75, 3.05) is 38.1 Å². The van der Waals surface area contributed by atoms with Gasteiger partial charge in [0, 0.05) is 17.8 Å². The van der Waals surface area contributed by atoms with Crippen LogP contribution in [0.3, 0.4) is 0 Å². The Labute approximate surface area is 152 Å². The molecule has 0 aromatic heterocycles. The summed E-state index contributed by atoms with van der Waals surface area (Å²) in [7, 11) is 3.16. The van der Waals surface area contributed by atoms with Crippen molar-refractivity contribution in [1.29, 1.82) is 0 Å². The van der Waals surface area contributed by atoms with Gasteiger partial charge in [0.15, 0.2) is 11.5 Å². The molecule has 1 atom stereocenters. The molecule has 0 aliphatic carbocycles. The van der Waals surface area contributed by atoms with Gasteiger partial charge < -0.3 is 29.6 Å². The van der Waals surface area contributed by atoms with E-state index in [-0.39, 0.29) is 5.91 Å². The maximum Gasteiger partial charge on any atom is 0.246 e. The van der Waals surface area contributed by atoms with Gasteiger partial charge in [0.05, 0.1) is 19.9 Å². The SMILES string of the molecule is COc1ccc(N[C@H](C)C(=O)Nc2ccc3c(c2)OCCO3)c(OC)c1. The fourth-order valence-electron chi connectivity index (χ4n) is 2.59. The molecule has 1 heterocycles. The second-order valence-electron chi connectivity index (χ2n) is 5.78. The zero-order valence-electron chi connectivity index (χ0n) is 15.0. The number of rotatable bonds is 6. The summed E-state index contributed by atoms with van der Waals surface area (Å²) in [6.07, 6.45) is 0. The van der Waals surface area contributed by atoms with Gasteiger partial charge >= 0.3 is 0 Å². The average Bonchev–Trinajstić information content (AvgIpc) is 2.68. The standard InChI is InChI=1S/C19H22N2O5/c1-12(20-15-6-5-14(23-2)11-17(15)24-3)19(22)21-13-4-7-16-18(10-13)26-9-8-25-16/h4-7,10-12,20H,8-9H2,1-3H3,(H,21,22)/t12-/m1/s1. The molecule has 0 saturated carbocycles. The first-order valence-electron chi connectivity index (χ1n) is 8.30. The first-order valence-corrected chi connectivity index (χ1v) is 8.30. The molecule has 0 saturated heterocycles. The largest absolute Gasteiger partial charge is 0.497 e. The van der Waals surface area contributed by atoms with E-state index in [2.05, 4.69) is 10.6 Å². The van der Waals surface area contributed by atoms with E-state index in [4.69, 9.17) is 18.9 Å². The fraction of sp³-hybridized carbons (Fsp3) is 0.316. The van der Waals surface area contributed by atoms with Crippen LogP contribution in [0.15, 0.2) is 36.4 Å². The molecule has 0 bridgehead atoms. The molecule has 0 radical (unpaired) electrons. The first-order chi connectivity index (χ1) is 12.6. The van der Waals surface area contributed by atoms with E-state index < -0.39 is 6.04 Å². The van der Waals surface area contributed by atoms with Crippen LogP contribution >= 0.6 is 0 Å². The van der Waals surface area contributed by atoms with Crippen LogP contribution in [-0.2, 0) is 4.79 Å². The number of carbonyl (C=O) groups is 1. The Kier molecular flexibility index (Phi) is 5.36. The van der Waals surface area contributed by atoms with Gasteiger partial charge in [-0.15, -0.1) is 0 Å². The summed E-state index contributed by atoms with van der Waals surface area (Å²) in [5.74, 6) is 2.42. The fourth-order valence-corrected chi connectivity index (χ4v) is 2.59. The predicted molar refractivity (Wildman–Crippen MR) is 98.7 cm³/mol. The highest BCUT2D eigenvalue weighted by atomic mass is 16.6. The third-order valence-corrected chi connectivity index (χ3v) is 3.98. The zero-order valence-corrected chi connectivity index (χ0v) is 15.0. The number of anilines is 2. The molecule has 3 rings (SSSR count). The zero-order chi connectivity index (χ0) is 18.5. The van der Waals surface area contributed by atoms with Crippen molar-refractivity contribution in [1.82, 2.24) is 0 Å². The van der Waals surface area contributed by atoms with Crippen molar-refractivity contribution in [3.05, 3.63) is 36.4 Å². The van der Waals surface area contributed by atoms with Gasteiger partial charge in [-0.3, -0.25) is 4.79 Å². The van der Waals surface area contributed by atoms with Crippen molar-refractivity contribution in [2.24, 2.45) is 0 Å². The Bertz CT molecular complexity index is 793. The summed E-state index contributed by atoms with van der Waals surface area (Å²) in [6.45, 7) is 2.81. The van der Waals surface area contributed by atoms with Crippen molar-refractivity contribution in [2.45, 2.75) is 13.0 Å². The van der Waals surface area contributed by atoms with Crippen LogP contribution in [0.1, 0.15) is 6.92 Å². The van der Waals surface area contributed by atoms with Crippen LogP contribution in [0.25, 0.3) is 0 Å². The van der Waals surface area contributed by atoms with Gasteiger partial charge in [-0.25, -0.2) is 0 Å². The summed E-state index contributed by atoms with van der Waals surface area (Å²) in [5, 5.41) is 6.02. The quantitative estimate of drug-likeness (QED) is 0.827. The van der Waals surface area contributed by atoms with E-state index in [1.165, 1.54) is 0 Å². The molecule has 2 N–H and O–H groups in total. The van der Waals surface area contributed by atoms with Crippen LogP contribution in [0, 0.1) is 0 Å². The number of ether oxygens (including phenoxy) is 4. The summed E-state index contributed by atoms with van der Waals surface area (Å²) in [5.41, 5.74) is 1.35. The lowest BCUT2D eigenvalue weighted by Crippen LogP contribution is -2.32. The maximum absolute atomic E-state index is 12.5. The summed E-state index contributed by atoms with van der Waals surface area (Å²) in [4.78, 5) is 12.5. The molecule has 0 spiro atoms. The molecule has 1 amide bonds. The maximum atomic E-state index is 12.5. The van der Waals surface area contributed by atoms with Crippen molar-refractivity contribution >= 4 is 17.3 Å². The van der Waals surface area contributed by atoms with E-state index in [1.807, 2.05) is 6.07 Å². The smallest absolute Gasteiger partial charge is 0.246 e. The summed E-state index contributed by atoms with van der Waals surface area (Å²) >= 11 is 0. The number of methoxy groups -OCH3 is 2. The molecule has 138 valence electrons. The Balaban J connectivity index is 1.66. The lowest BCUT2D eigenvalue weighted by Gasteiger charge is -2.20. The molecule has 1 aliphatic rings. The molecule has 1 aliphatic heterocycles. The van der Waals surface area contributed by atoms with Crippen LogP contribution in [0.4, 0.5) is 11.4 Å². The molecule has 2 aromatic rings. The molecule has 2 aromatic carbocycles. The number of hydrogen-bond donors (Lipinski definition) is 2. The molecular formula is C19H22N2O5. The van der Waals surface area contributed by atoms with Crippen molar-refractivity contribution < 1.29 is 23.7 Å². The number of amides is 1. The molecule has 0 unspecified atom stereocenters. The first kappa shape index (κ1) is 17.7. The monoisotopic (exact) mass is 358 g/mol. The van der Waals surface area contributed by atoms with Crippen LogP contribution in [-0.4, -0.2) is 39.4 Å². The number of carbonyl (C=O) groups excluding carboxylic acids is 1. The third-order valence-electron chi connectivity index (χ3n) is 3.98. The van der Waals surface area contributed by atoms with E-state index in [0.29, 0.717) is 47.6 Å². The molecule has 7 heteroatoms. The van der Waals surface area contributed by atoms with Gasteiger partial charge in [-0.1, -0.05) is 0 Å². The topological polar surface area (TPSA) is 78.1 Å². The number of benzene rings is 2. The lowest BCUT2D eigenvalue weighted by atomic mass is 10.2. The molecular weight excluding hydrogens is 336 g/mol. The van der Waals surface area contributed by atoms with Crippen LogP contribution in [0.2, 0.25) is 0 Å². The molecule has 0 fully saturated rings. The van der Waals surface area contributed by atoms with Gasteiger partial charge in [-0.05, 0) is 31.2 Å². The Morgan fingerprint density at radius 1 is 1.04 bits per heavy atom. The Morgan fingerprint density at radius 2 is 1.81 bits per heavy atom. The number of nitrogens with one attached hydrogen (secondary N) is 2. The van der Waals surface area contributed by atoms with Gasteiger partial charge in [0.2, 0.25) is 5.91 Å². The van der Waals surface area contributed by atoms with E-state index in [0.717, 1.165) is 0 Å². The van der Waals surface area contributed by atoms with Crippen LogP contribution < -0.4 is 29.6 Å². The second-order valence-corrected chi connectivity index (χ2v) is 5.78. The van der Waals surface area contributed by atoms with Gasteiger partial charge in [-0.2, -0.15) is 0 Å². The predicted octanol–water partition coefficient (Wildman–Crippen LogP) is 2.91.